The fourth-order valence-corrected chi connectivity index (χ4v) is 2.39. The zero-order valence-electron chi connectivity index (χ0n) is 13.7. The van der Waals surface area contributed by atoms with Gasteiger partial charge in [-0.25, -0.2) is 4.79 Å². The summed E-state index contributed by atoms with van der Waals surface area (Å²) in [6, 6.07) is 8.85. The molecule has 0 radical (unpaired) electrons. The lowest BCUT2D eigenvalue weighted by Gasteiger charge is -2.32. The molecule has 1 saturated heterocycles. The number of ether oxygens (including phenoxy) is 2. The number of morpholine rings is 1. The van der Waals surface area contributed by atoms with Crippen LogP contribution < -0.4 is 5.32 Å². The number of nitrogens with zero attached hydrogens (tertiary/aromatic N) is 1. The Labute approximate surface area is 136 Å². The standard InChI is InChI=1S/C17H24N2O4/c1-13(2)15(16(20)19-8-10-22-11-9-19)18-17(21)23-12-14-6-4-3-5-7-14/h3-7,13,15H,8-12H2,1-2H3,(H,18,21)/t15-/m1/s1. The number of hydrogen-bond acceptors (Lipinski definition) is 4. The Morgan fingerprint density at radius 3 is 2.48 bits per heavy atom. The van der Waals surface area contributed by atoms with Crippen LogP contribution in [0.25, 0.3) is 0 Å². The molecule has 1 heterocycles. The quantitative estimate of drug-likeness (QED) is 0.898. The first-order valence-corrected chi connectivity index (χ1v) is 7.91. The Morgan fingerprint density at radius 1 is 1.22 bits per heavy atom. The van der Waals surface area contributed by atoms with Crippen molar-refractivity contribution in [3.05, 3.63) is 35.9 Å². The number of amides is 2. The minimum Gasteiger partial charge on any atom is -0.445 e. The second-order valence-electron chi connectivity index (χ2n) is 5.87. The molecule has 1 aliphatic heterocycles. The molecular formula is C17H24N2O4. The minimum atomic E-state index is -0.587. The number of benzene rings is 1. The Hall–Kier alpha value is -2.08. The van der Waals surface area contributed by atoms with Gasteiger partial charge in [0.05, 0.1) is 13.2 Å². The molecule has 126 valence electrons. The third-order valence-electron chi connectivity index (χ3n) is 3.74. The number of alkyl carbamates (subject to hydrolysis) is 1. The van der Waals surface area contributed by atoms with Crippen LogP contribution in [0.3, 0.4) is 0 Å². The molecule has 1 aliphatic rings. The van der Waals surface area contributed by atoms with Crippen LogP contribution in [0.5, 0.6) is 0 Å². The molecule has 23 heavy (non-hydrogen) atoms. The Morgan fingerprint density at radius 2 is 1.87 bits per heavy atom. The molecule has 0 unspecified atom stereocenters. The number of carbonyl (C=O) groups excluding carboxylic acids is 2. The van der Waals surface area contributed by atoms with Crippen LogP contribution in [-0.4, -0.2) is 49.2 Å². The molecule has 1 aromatic rings. The van der Waals surface area contributed by atoms with Crippen molar-refractivity contribution in [1.82, 2.24) is 10.2 Å². The highest BCUT2D eigenvalue weighted by atomic mass is 16.5. The summed E-state index contributed by atoms with van der Waals surface area (Å²) in [5.74, 6) is -0.102. The molecule has 0 aromatic heterocycles. The van der Waals surface area contributed by atoms with Gasteiger partial charge in [-0.2, -0.15) is 0 Å². The van der Waals surface area contributed by atoms with Gasteiger partial charge in [-0.05, 0) is 11.5 Å². The highest BCUT2D eigenvalue weighted by molar-refractivity contribution is 5.86. The average Bonchev–Trinajstić information content (AvgIpc) is 2.58. The van der Waals surface area contributed by atoms with Gasteiger partial charge in [-0.1, -0.05) is 44.2 Å². The van der Waals surface area contributed by atoms with Crippen LogP contribution in [0.4, 0.5) is 4.79 Å². The van der Waals surface area contributed by atoms with Crippen molar-refractivity contribution in [3.63, 3.8) is 0 Å². The SMILES string of the molecule is CC(C)[C@@H](NC(=O)OCc1ccccc1)C(=O)N1CCOCC1. The highest BCUT2D eigenvalue weighted by Crippen LogP contribution is 2.09. The number of rotatable bonds is 5. The number of carbonyl (C=O) groups is 2. The van der Waals surface area contributed by atoms with Crippen LogP contribution >= 0.6 is 0 Å². The first-order chi connectivity index (χ1) is 11.1. The third-order valence-corrected chi connectivity index (χ3v) is 3.74. The van der Waals surface area contributed by atoms with E-state index in [1.54, 1.807) is 4.90 Å². The van der Waals surface area contributed by atoms with Crippen LogP contribution in [-0.2, 0) is 20.9 Å². The summed E-state index contributed by atoms with van der Waals surface area (Å²) in [4.78, 5) is 26.3. The van der Waals surface area contributed by atoms with Crippen molar-refractivity contribution in [2.24, 2.45) is 5.92 Å². The van der Waals surface area contributed by atoms with E-state index in [0.29, 0.717) is 26.3 Å². The molecule has 0 aliphatic carbocycles. The number of nitrogens with one attached hydrogen (secondary N) is 1. The lowest BCUT2D eigenvalue weighted by Crippen LogP contribution is -2.53. The van der Waals surface area contributed by atoms with E-state index in [1.165, 1.54) is 0 Å². The topological polar surface area (TPSA) is 67.9 Å². The van der Waals surface area contributed by atoms with Crippen molar-refractivity contribution in [1.29, 1.82) is 0 Å². The summed E-state index contributed by atoms with van der Waals surface area (Å²) in [5, 5.41) is 2.69. The summed E-state index contributed by atoms with van der Waals surface area (Å²) in [6.07, 6.45) is -0.575. The molecule has 6 nitrogen and oxygen atoms in total. The van der Waals surface area contributed by atoms with E-state index in [-0.39, 0.29) is 18.4 Å². The summed E-state index contributed by atoms with van der Waals surface area (Å²) in [6.45, 7) is 6.18. The second kappa shape index (κ2) is 8.53. The molecule has 0 bridgehead atoms. The average molecular weight is 320 g/mol. The zero-order valence-corrected chi connectivity index (χ0v) is 13.7. The van der Waals surface area contributed by atoms with E-state index in [1.807, 2.05) is 44.2 Å². The highest BCUT2D eigenvalue weighted by Gasteiger charge is 2.29. The summed E-state index contributed by atoms with van der Waals surface area (Å²) in [7, 11) is 0. The van der Waals surface area contributed by atoms with E-state index >= 15 is 0 Å². The van der Waals surface area contributed by atoms with Crippen LogP contribution in [0, 0.1) is 5.92 Å². The Bertz CT molecular complexity index is 513. The monoisotopic (exact) mass is 320 g/mol. The summed E-state index contributed by atoms with van der Waals surface area (Å²) < 4.78 is 10.5. The molecule has 2 amide bonds. The third kappa shape index (κ3) is 5.25. The summed E-state index contributed by atoms with van der Waals surface area (Å²) >= 11 is 0. The fourth-order valence-electron chi connectivity index (χ4n) is 2.39. The fraction of sp³-hybridized carbons (Fsp3) is 0.529. The molecule has 6 heteroatoms. The molecule has 1 atom stereocenters. The lowest BCUT2D eigenvalue weighted by atomic mass is 10.0. The number of hydrogen-bond donors (Lipinski definition) is 1. The van der Waals surface area contributed by atoms with Crippen LogP contribution in [0.15, 0.2) is 30.3 Å². The van der Waals surface area contributed by atoms with Crippen LogP contribution in [0.2, 0.25) is 0 Å². The van der Waals surface area contributed by atoms with Gasteiger partial charge in [0, 0.05) is 13.1 Å². The van der Waals surface area contributed by atoms with Gasteiger partial charge in [-0.3, -0.25) is 4.79 Å². The van der Waals surface area contributed by atoms with Gasteiger partial charge in [0.1, 0.15) is 12.6 Å². The predicted molar refractivity (Wildman–Crippen MR) is 85.8 cm³/mol. The molecule has 1 N–H and O–H groups in total. The smallest absolute Gasteiger partial charge is 0.408 e. The van der Waals surface area contributed by atoms with E-state index in [0.717, 1.165) is 5.56 Å². The first kappa shape index (κ1) is 17.3. The maximum absolute atomic E-state index is 12.5. The molecule has 1 fully saturated rings. The van der Waals surface area contributed by atoms with E-state index < -0.39 is 12.1 Å². The second-order valence-corrected chi connectivity index (χ2v) is 5.87. The largest absolute Gasteiger partial charge is 0.445 e. The van der Waals surface area contributed by atoms with Gasteiger partial charge in [-0.15, -0.1) is 0 Å². The van der Waals surface area contributed by atoms with Gasteiger partial charge < -0.3 is 19.7 Å². The Kier molecular flexibility index (Phi) is 6.40. The summed E-state index contributed by atoms with van der Waals surface area (Å²) in [5.41, 5.74) is 0.906. The van der Waals surface area contributed by atoms with Crippen molar-refractivity contribution in [2.45, 2.75) is 26.5 Å². The van der Waals surface area contributed by atoms with Gasteiger partial charge in [0.2, 0.25) is 5.91 Å². The van der Waals surface area contributed by atoms with Gasteiger partial charge in [0.15, 0.2) is 0 Å². The first-order valence-electron chi connectivity index (χ1n) is 7.91. The van der Waals surface area contributed by atoms with Crippen molar-refractivity contribution < 1.29 is 19.1 Å². The van der Waals surface area contributed by atoms with Crippen LogP contribution in [0.1, 0.15) is 19.4 Å². The maximum Gasteiger partial charge on any atom is 0.408 e. The zero-order chi connectivity index (χ0) is 16.7. The molecule has 0 spiro atoms. The van der Waals surface area contributed by atoms with Crippen molar-refractivity contribution in [2.75, 3.05) is 26.3 Å². The Balaban J connectivity index is 1.87. The molecule has 1 aromatic carbocycles. The molecular weight excluding hydrogens is 296 g/mol. The van der Waals surface area contributed by atoms with E-state index in [4.69, 9.17) is 9.47 Å². The predicted octanol–water partition coefficient (Wildman–Crippen LogP) is 1.80. The normalized spacial score (nSPS) is 16.0. The molecule has 0 saturated carbocycles. The van der Waals surface area contributed by atoms with E-state index in [9.17, 15) is 9.59 Å². The minimum absolute atomic E-state index is 0.0189. The van der Waals surface area contributed by atoms with Gasteiger partial charge in [0.25, 0.3) is 0 Å². The molecule has 2 rings (SSSR count). The maximum atomic E-state index is 12.5. The van der Waals surface area contributed by atoms with Crippen molar-refractivity contribution in [3.8, 4) is 0 Å². The lowest BCUT2D eigenvalue weighted by molar-refractivity contribution is -0.138. The van der Waals surface area contributed by atoms with Gasteiger partial charge >= 0.3 is 6.09 Å². The van der Waals surface area contributed by atoms with E-state index in [2.05, 4.69) is 5.32 Å². The van der Waals surface area contributed by atoms with Crippen molar-refractivity contribution >= 4 is 12.0 Å².